The predicted molar refractivity (Wildman–Crippen MR) is 65.7 cm³/mol. The van der Waals surface area contributed by atoms with Gasteiger partial charge in [0.15, 0.2) is 0 Å². The van der Waals surface area contributed by atoms with Crippen molar-refractivity contribution in [3.05, 3.63) is 24.1 Å². The van der Waals surface area contributed by atoms with Gasteiger partial charge in [0.2, 0.25) is 17.7 Å². The zero-order chi connectivity index (χ0) is 13.5. The SMILES string of the molecule is NCc1nc(-c2ccc3c(c2)NS(=O)(=O)CO3)no1. The van der Waals surface area contributed by atoms with E-state index in [4.69, 9.17) is 15.0 Å². The van der Waals surface area contributed by atoms with Gasteiger partial charge < -0.3 is 15.0 Å². The summed E-state index contributed by atoms with van der Waals surface area (Å²) >= 11 is 0. The molecule has 3 N–H and O–H groups in total. The van der Waals surface area contributed by atoms with E-state index in [9.17, 15) is 8.42 Å². The topological polar surface area (TPSA) is 120 Å². The van der Waals surface area contributed by atoms with Gasteiger partial charge in [-0.15, -0.1) is 0 Å². The zero-order valence-electron chi connectivity index (χ0n) is 9.66. The van der Waals surface area contributed by atoms with Crippen LogP contribution in [0.25, 0.3) is 11.4 Å². The summed E-state index contributed by atoms with van der Waals surface area (Å²) < 4.78 is 35.2. The van der Waals surface area contributed by atoms with Crippen LogP contribution >= 0.6 is 0 Å². The van der Waals surface area contributed by atoms with E-state index in [1.165, 1.54) is 0 Å². The molecule has 1 aliphatic heterocycles. The minimum atomic E-state index is -3.45. The molecule has 1 aromatic heterocycles. The van der Waals surface area contributed by atoms with Crippen LogP contribution in [0.4, 0.5) is 5.69 Å². The fourth-order valence-corrected chi connectivity index (χ4v) is 2.50. The Hall–Kier alpha value is -2.13. The summed E-state index contributed by atoms with van der Waals surface area (Å²) in [6.45, 7) is 0.147. The Morgan fingerprint density at radius 2 is 2.26 bits per heavy atom. The van der Waals surface area contributed by atoms with Gasteiger partial charge in [-0.2, -0.15) is 4.98 Å². The molecule has 0 unspecified atom stereocenters. The lowest BCUT2D eigenvalue weighted by atomic mass is 10.2. The highest BCUT2D eigenvalue weighted by Crippen LogP contribution is 2.33. The smallest absolute Gasteiger partial charge is 0.268 e. The lowest BCUT2D eigenvalue weighted by Crippen LogP contribution is -2.25. The molecule has 1 aliphatic rings. The second kappa shape index (κ2) is 4.21. The largest absolute Gasteiger partial charge is 0.474 e. The molecule has 3 rings (SSSR count). The van der Waals surface area contributed by atoms with Crippen molar-refractivity contribution in [1.82, 2.24) is 10.1 Å². The van der Waals surface area contributed by atoms with Crippen LogP contribution in [0.15, 0.2) is 22.7 Å². The van der Waals surface area contributed by atoms with E-state index in [1.54, 1.807) is 18.2 Å². The molecule has 0 bridgehead atoms. The molecule has 2 aromatic rings. The molecule has 0 amide bonds. The van der Waals surface area contributed by atoms with Gasteiger partial charge in [0.1, 0.15) is 5.75 Å². The number of fused-ring (bicyclic) bond motifs is 1. The third-order valence-electron chi connectivity index (χ3n) is 2.52. The Labute approximate surface area is 108 Å². The highest BCUT2D eigenvalue weighted by Gasteiger charge is 2.22. The third-order valence-corrected chi connectivity index (χ3v) is 3.47. The molecule has 1 aromatic carbocycles. The fourth-order valence-electron chi connectivity index (χ4n) is 1.67. The maximum atomic E-state index is 11.4. The van der Waals surface area contributed by atoms with Gasteiger partial charge in [0.25, 0.3) is 10.0 Å². The van der Waals surface area contributed by atoms with Crippen molar-refractivity contribution in [2.24, 2.45) is 5.73 Å². The molecule has 9 heteroatoms. The van der Waals surface area contributed by atoms with Gasteiger partial charge in [-0.3, -0.25) is 4.72 Å². The maximum Gasteiger partial charge on any atom is 0.268 e. The second-order valence-corrected chi connectivity index (χ2v) is 5.58. The summed E-state index contributed by atoms with van der Waals surface area (Å²) in [6, 6.07) is 4.94. The van der Waals surface area contributed by atoms with E-state index in [1.807, 2.05) is 0 Å². The number of rotatable bonds is 2. The number of nitrogens with zero attached hydrogens (tertiary/aromatic N) is 2. The average molecular weight is 282 g/mol. The molecule has 0 atom stereocenters. The number of benzene rings is 1. The maximum absolute atomic E-state index is 11.4. The summed E-state index contributed by atoms with van der Waals surface area (Å²) in [5.74, 6) is 0.720. The van der Waals surface area contributed by atoms with Crippen molar-refractivity contribution in [3.63, 3.8) is 0 Å². The van der Waals surface area contributed by atoms with Crippen LogP contribution < -0.4 is 15.2 Å². The summed E-state index contributed by atoms with van der Waals surface area (Å²) in [5.41, 5.74) is 6.34. The Balaban J connectivity index is 2.01. The fraction of sp³-hybridized carbons (Fsp3) is 0.200. The highest BCUT2D eigenvalue weighted by atomic mass is 32.2. The number of anilines is 1. The first kappa shape index (κ1) is 11.9. The molecular formula is C10H10N4O4S. The molecule has 0 saturated carbocycles. The van der Waals surface area contributed by atoms with E-state index in [0.29, 0.717) is 28.7 Å². The number of aromatic nitrogens is 2. The third kappa shape index (κ3) is 2.25. The molecule has 8 nitrogen and oxygen atoms in total. The Kier molecular flexibility index (Phi) is 2.64. The summed E-state index contributed by atoms with van der Waals surface area (Å²) in [4.78, 5) is 4.06. The number of hydrogen-bond acceptors (Lipinski definition) is 7. The van der Waals surface area contributed by atoms with Crippen LogP contribution in [0.3, 0.4) is 0 Å². The monoisotopic (exact) mass is 282 g/mol. The summed E-state index contributed by atoms with van der Waals surface area (Å²) in [7, 11) is -3.45. The van der Waals surface area contributed by atoms with Crippen LogP contribution in [0.1, 0.15) is 5.89 Å². The molecule has 100 valence electrons. The van der Waals surface area contributed by atoms with Gasteiger partial charge in [0, 0.05) is 5.56 Å². The van der Waals surface area contributed by atoms with Crippen LogP contribution in [0.5, 0.6) is 5.75 Å². The van der Waals surface area contributed by atoms with Crippen LogP contribution in [-0.2, 0) is 16.6 Å². The normalized spacial score (nSPS) is 16.3. The Bertz CT molecular complexity index is 725. The molecule has 0 saturated heterocycles. The quantitative estimate of drug-likeness (QED) is 0.811. The van der Waals surface area contributed by atoms with Gasteiger partial charge in [-0.05, 0) is 18.2 Å². The Morgan fingerprint density at radius 3 is 3.00 bits per heavy atom. The van der Waals surface area contributed by atoms with E-state index in [0.717, 1.165) is 0 Å². The first-order valence-electron chi connectivity index (χ1n) is 5.38. The number of ether oxygens (including phenoxy) is 1. The van der Waals surface area contributed by atoms with Crippen LogP contribution in [-0.4, -0.2) is 24.5 Å². The predicted octanol–water partition coefficient (Wildman–Crippen LogP) is 0.287. The first-order valence-corrected chi connectivity index (χ1v) is 7.03. The molecule has 0 spiro atoms. The average Bonchev–Trinajstić information content (AvgIpc) is 2.85. The van der Waals surface area contributed by atoms with E-state index in [-0.39, 0.29) is 6.54 Å². The zero-order valence-corrected chi connectivity index (χ0v) is 10.5. The lowest BCUT2D eigenvalue weighted by molar-refractivity contribution is 0.374. The number of sulfonamides is 1. The van der Waals surface area contributed by atoms with E-state index < -0.39 is 16.0 Å². The van der Waals surface area contributed by atoms with Crippen LogP contribution in [0.2, 0.25) is 0 Å². The summed E-state index contributed by atoms with van der Waals surface area (Å²) in [6.07, 6.45) is 0. The van der Waals surface area contributed by atoms with Crippen molar-refractivity contribution in [2.45, 2.75) is 6.54 Å². The highest BCUT2D eigenvalue weighted by molar-refractivity contribution is 7.92. The molecule has 2 heterocycles. The number of nitrogens with two attached hydrogens (primary N) is 1. The van der Waals surface area contributed by atoms with Gasteiger partial charge >= 0.3 is 0 Å². The van der Waals surface area contributed by atoms with E-state index in [2.05, 4.69) is 14.9 Å². The number of nitrogens with one attached hydrogen (secondary N) is 1. The van der Waals surface area contributed by atoms with Crippen molar-refractivity contribution >= 4 is 15.7 Å². The van der Waals surface area contributed by atoms with Crippen molar-refractivity contribution < 1.29 is 17.7 Å². The first-order chi connectivity index (χ1) is 9.07. The van der Waals surface area contributed by atoms with Crippen molar-refractivity contribution in [1.29, 1.82) is 0 Å². The van der Waals surface area contributed by atoms with Gasteiger partial charge in [-0.1, -0.05) is 5.16 Å². The standard InChI is InChI=1S/C10H10N4O4S/c11-4-9-12-10(13-18-9)6-1-2-8-7(3-6)14-19(15,16)5-17-8/h1-3,14H,4-5,11H2. The minimum Gasteiger partial charge on any atom is -0.474 e. The van der Waals surface area contributed by atoms with Crippen molar-refractivity contribution in [3.8, 4) is 17.1 Å². The number of hydrogen-bond donors (Lipinski definition) is 2. The van der Waals surface area contributed by atoms with E-state index >= 15 is 0 Å². The molecular weight excluding hydrogens is 272 g/mol. The van der Waals surface area contributed by atoms with Gasteiger partial charge in [-0.25, -0.2) is 8.42 Å². The van der Waals surface area contributed by atoms with Crippen LogP contribution in [0, 0.1) is 0 Å². The molecule has 0 fully saturated rings. The lowest BCUT2D eigenvalue weighted by Gasteiger charge is -2.19. The van der Waals surface area contributed by atoms with Gasteiger partial charge in [0.05, 0.1) is 12.2 Å². The molecule has 19 heavy (non-hydrogen) atoms. The minimum absolute atomic E-state index is 0.147. The molecule has 0 aliphatic carbocycles. The van der Waals surface area contributed by atoms with Crippen molar-refractivity contribution in [2.75, 3.05) is 10.7 Å². The Morgan fingerprint density at radius 1 is 1.42 bits per heavy atom. The second-order valence-electron chi connectivity index (χ2n) is 3.91. The summed E-state index contributed by atoms with van der Waals surface area (Å²) in [5, 5.41) is 3.76. The molecule has 0 radical (unpaired) electrons.